The molecule has 3 rings (SSSR count). The van der Waals surface area contributed by atoms with Gasteiger partial charge in [0.05, 0.1) is 5.56 Å². The first-order valence-electron chi connectivity index (χ1n) is 5.63. The molecule has 0 fully saturated rings. The molecular formula is C13H15NO2. The molecule has 0 unspecified atom stereocenters. The Morgan fingerprint density at radius 2 is 2.25 bits per heavy atom. The molecule has 0 aromatic carbocycles. The Balaban J connectivity index is 2.24. The molecule has 0 radical (unpaired) electrons. The lowest BCUT2D eigenvalue weighted by molar-refractivity contribution is 0.141. The predicted molar refractivity (Wildman–Crippen MR) is 61.8 cm³/mol. The fraction of sp³-hybridized carbons (Fsp3) is 0.462. The Bertz CT molecular complexity index is 543. The van der Waals surface area contributed by atoms with Crippen LogP contribution in [0.5, 0.6) is 5.75 Å². The Morgan fingerprint density at radius 1 is 1.50 bits per heavy atom. The van der Waals surface area contributed by atoms with Gasteiger partial charge in [-0.1, -0.05) is 12.5 Å². The molecule has 0 spiro atoms. The maximum atomic E-state index is 11.9. The smallest absolute Gasteiger partial charge is 0.255 e. The maximum absolute atomic E-state index is 11.9. The van der Waals surface area contributed by atoms with Crippen molar-refractivity contribution in [3.63, 3.8) is 0 Å². The minimum Gasteiger partial charge on any atom is -0.482 e. The van der Waals surface area contributed by atoms with E-state index in [0.717, 1.165) is 11.3 Å². The SMILES string of the molecule is CC1=C[C@@]2(C)Oc3cc[nH]c(=O)c3[C@H]2[C@@H]1C. The number of fused-ring (bicyclic) bond motifs is 3. The molecule has 84 valence electrons. The van der Waals surface area contributed by atoms with E-state index in [0.29, 0.717) is 5.92 Å². The highest BCUT2D eigenvalue weighted by molar-refractivity contribution is 5.48. The van der Waals surface area contributed by atoms with Crippen LogP contribution in [0.4, 0.5) is 0 Å². The van der Waals surface area contributed by atoms with Gasteiger partial charge in [0.15, 0.2) is 0 Å². The van der Waals surface area contributed by atoms with E-state index < -0.39 is 0 Å². The molecule has 0 saturated heterocycles. The third-order valence-corrected chi connectivity index (χ3v) is 3.95. The minimum absolute atomic E-state index is 0.0128. The summed E-state index contributed by atoms with van der Waals surface area (Å²) < 4.78 is 5.94. The second kappa shape index (κ2) is 2.78. The lowest BCUT2D eigenvalue weighted by Gasteiger charge is -2.24. The van der Waals surface area contributed by atoms with Crippen LogP contribution in [0.15, 0.2) is 28.7 Å². The summed E-state index contributed by atoms with van der Waals surface area (Å²) in [5.41, 5.74) is 1.77. The molecular weight excluding hydrogens is 202 g/mol. The number of rotatable bonds is 0. The van der Waals surface area contributed by atoms with Crippen molar-refractivity contribution in [1.29, 1.82) is 0 Å². The molecule has 2 heterocycles. The highest BCUT2D eigenvalue weighted by Gasteiger charge is 2.51. The number of hydrogen-bond acceptors (Lipinski definition) is 2. The lowest BCUT2D eigenvalue weighted by atomic mass is 9.82. The van der Waals surface area contributed by atoms with Crippen LogP contribution < -0.4 is 10.3 Å². The van der Waals surface area contributed by atoms with E-state index in [1.165, 1.54) is 5.57 Å². The third kappa shape index (κ3) is 1.01. The number of ether oxygens (including phenoxy) is 1. The zero-order valence-corrected chi connectivity index (χ0v) is 9.70. The highest BCUT2D eigenvalue weighted by Crippen LogP contribution is 2.53. The van der Waals surface area contributed by atoms with Gasteiger partial charge in [-0.25, -0.2) is 0 Å². The van der Waals surface area contributed by atoms with Gasteiger partial charge < -0.3 is 9.72 Å². The van der Waals surface area contributed by atoms with Crippen molar-refractivity contribution < 1.29 is 4.74 Å². The van der Waals surface area contributed by atoms with Crippen LogP contribution in [0.1, 0.15) is 32.3 Å². The van der Waals surface area contributed by atoms with Crippen molar-refractivity contribution in [2.24, 2.45) is 5.92 Å². The summed E-state index contributed by atoms with van der Waals surface area (Å²) >= 11 is 0. The normalized spacial score (nSPS) is 35.3. The molecule has 1 aromatic heterocycles. The summed E-state index contributed by atoms with van der Waals surface area (Å²) in [6, 6.07) is 1.84. The van der Waals surface area contributed by atoms with E-state index in [4.69, 9.17) is 4.74 Å². The largest absolute Gasteiger partial charge is 0.482 e. The van der Waals surface area contributed by atoms with Crippen LogP contribution in [0.25, 0.3) is 0 Å². The topological polar surface area (TPSA) is 42.1 Å². The first-order valence-corrected chi connectivity index (χ1v) is 5.63. The van der Waals surface area contributed by atoms with Crippen LogP contribution in [-0.2, 0) is 0 Å². The second-order valence-corrected chi connectivity index (χ2v) is 5.03. The quantitative estimate of drug-likeness (QED) is 0.677. The monoisotopic (exact) mass is 217 g/mol. The van der Waals surface area contributed by atoms with Gasteiger partial charge in [-0.2, -0.15) is 0 Å². The highest BCUT2D eigenvalue weighted by atomic mass is 16.5. The molecule has 1 aliphatic heterocycles. The molecule has 16 heavy (non-hydrogen) atoms. The summed E-state index contributed by atoms with van der Waals surface area (Å²) in [7, 11) is 0. The summed E-state index contributed by atoms with van der Waals surface area (Å²) in [6.45, 7) is 6.32. The van der Waals surface area contributed by atoms with Gasteiger partial charge in [0.1, 0.15) is 11.4 Å². The fourth-order valence-corrected chi connectivity index (χ4v) is 3.16. The van der Waals surface area contributed by atoms with Gasteiger partial charge >= 0.3 is 0 Å². The van der Waals surface area contributed by atoms with Gasteiger partial charge in [-0.3, -0.25) is 4.79 Å². The molecule has 1 aliphatic carbocycles. The van der Waals surface area contributed by atoms with Crippen molar-refractivity contribution >= 4 is 0 Å². The van der Waals surface area contributed by atoms with Crippen molar-refractivity contribution in [3.05, 3.63) is 39.8 Å². The third-order valence-electron chi connectivity index (χ3n) is 3.95. The van der Waals surface area contributed by atoms with E-state index in [9.17, 15) is 4.79 Å². The Hall–Kier alpha value is -1.51. The molecule has 0 saturated carbocycles. The summed E-state index contributed by atoms with van der Waals surface area (Å²) in [6.07, 6.45) is 3.80. The van der Waals surface area contributed by atoms with Crippen molar-refractivity contribution in [1.82, 2.24) is 4.98 Å². The zero-order valence-electron chi connectivity index (χ0n) is 9.70. The van der Waals surface area contributed by atoms with E-state index >= 15 is 0 Å². The summed E-state index contributed by atoms with van der Waals surface area (Å²) in [5.74, 6) is 1.27. The van der Waals surface area contributed by atoms with Crippen LogP contribution >= 0.6 is 0 Å². The van der Waals surface area contributed by atoms with E-state index in [1.54, 1.807) is 6.20 Å². The van der Waals surface area contributed by atoms with Crippen molar-refractivity contribution in [3.8, 4) is 5.75 Å². The van der Waals surface area contributed by atoms with Crippen LogP contribution in [-0.4, -0.2) is 10.6 Å². The molecule has 0 bridgehead atoms. The molecule has 1 aromatic rings. The first-order chi connectivity index (χ1) is 7.53. The van der Waals surface area contributed by atoms with Gasteiger partial charge in [0.2, 0.25) is 0 Å². The van der Waals surface area contributed by atoms with Gasteiger partial charge in [0.25, 0.3) is 5.56 Å². The fourth-order valence-electron chi connectivity index (χ4n) is 3.16. The molecule has 3 atom stereocenters. The number of pyridine rings is 1. The number of hydrogen-bond donors (Lipinski definition) is 1. The second-order valence-electron chi connectivity index (χ2n) is 5.03. The maximum Gasteiger partial charge on any atom is 0.255 e. The van der Waals surface area contributed by atoms with E-state index in [1.807, 2.05) is 6.07 Å². The van der Waals surface area contributed by atoms with Gasteiger partial charge in [0, 0.05) is 12.1 Å². The average molecular weight is 217 g/mol. The Labute approximate surface area is 94.1 Å². The van der Waals surface area contributed by atoms with Crippen LogP contribution in [0.3, 0.4) is 0 Å². The number of H-pyrrole nitrogens is 1. The average Bonchev–Trinajstić information content (AvgIpc) is 2.60. The number of nitrogens with one attached hydrogen (secondary N) is 1. The summed E-state index contributed by atoms with van der Waals surface area (Å²) in [4.78, 5) is 14.6. The van der Waals surface area contributed by atoms with E-state index in [2.05, 4.69) is 31.8 Å². The van der Waals surface area contributed by atoms with Gasteiger partial charge in [-0.05, 0) is 31.9 Å². The molecule has 3 heteroatoms. The summed E-state index contributed by atoms with van der Waals surface area (Å²) in [5, 5.41) is 0. The minimum atomic E-state index is -0.333. The molecule has 3 nitrogen and oxygen atoms in total. The standard InChI is InChI=1S/C13H15NO2/c1-7-6-13(3)11(8(7)2)10-9(16-13)4-5-14-12(10)15/h4-6,8,11H,1-3H3,(H,14,15)/t8-,11-,13-/m1/s1. The number of aromatic nitrogens is 1. The lowest BCUT2D eigenvalue weighted by Crippen LogP contribution is -2.32. The van der Waals surface area contributed by atoms with Gasteiger partial charge in [-0.15, -0.1) is 0 Å². The predicted octanol–water partition coefficient (Wildman–Crippen LogP) is 2.21. The molecule has 1 N–H and O–H groups in total. The number of allylic oxidation sites excluding steroid dienone is 1. The van der Waals surface area contributed by atoms with Crippen molar-refractivity contribution in [2.75, 3.05) is 0 Å². The molecule has 2 aliphatic rings. The molecule has 0 amide bonds. The Kier molecular flexibility index (Phi) is 1.69. The van der Waals surface area contributed by atoms with E-state index in [-0.39, 0.29) is 17.1 Å². The zero-order chi connectivity index (χ0) is 11.5. The van der Waals surface area contributed by atoms with Crippen LogP contribution in [0.2, 0.25) is 0 Å². The van der Waals surface area contributed by atoms with Crippen LogP contribution in [0, 0.1) is 5.92 Å². The van der Waals surface area contributed by atoms with Crippen molar-refractivity contribution in [2.45, 2.75) is 32.3 Å². The first kappa shape index (κ1) is 9.70. The number of aromatic amines is 1. The Morgan fingerprint density at radius 3 is 3.00 bits per heavy atom.